The van der Waals surface area contributed by atoms with Gasteiger partial charge in [-0.2, -0.15) is 0 Å². The maximum atomic E-state index is 10.5. The molecule has 0 saturated carbocycles. The summed E-state index contributed by atoms with van der Waals surface area (Å²) in [6.45, 7) is 3.85. The van der Waals surface area contributed by atoms with Gasteiger partial charge in [-0.3, -0.25) is 4.79 Å². The van der Waals surface area contributed by atoms with Crippen LogP contribution in [0.3, 0.4) is 0 Å². The first-order chi connectivity index (χ1) is 8.27. The van der Waals surface area contributed by atoms with Gasteiger partial charge in [-0.05, 0) is 16.8 Å². The summed E-state index contributed by atoms with van der Waals surface area (Å²) in [5.74, 6) is 0.697. The number of nitrogens with one attached hydrogen (secondary N) is 1. The van der Waals surface area contributed by atoms with Gasteiger partial charge in [0, 0.05) is 11.3 Å². The zero-order chi connectivity index (χ0) is 12.3. The molecule has 0 saturated heterocycles. The third kappa shape index (κ3) is 1.99. The summed E-state index contributed by atoms with van der Waals surface area (Å²) < 4.78 is 5.30. The predicted octanol–water partition coefficient (Wildman–Crippen LogP) is 2.57. The molecule has 2 aromatic rings. The van der Waals surface area contributed by atoms with Crippen LogP contribution in [0.5, 0.6) is 5.75 Å². The lowest BCUT2D eigenvalue weighted by molar-refractivity contribution is -0.108. The smallest absolute Gasteiger partial charge is 0.211 e. The third-order valence-electron chi connectivity index (χ3n) is 2.65. The van der Waals surface area contributed by atoms with Crippen LogP contribution in [0.15, 0.2) is 43.0 Å². The van der Waals surface area contributed by atoms with Gasteiger partial charge in [0.25, 0.3) is 0 Å². The topological polar surface area (TPSA) is 38.3 Å². The zero-order valence-corrected chi connectivity index (χ0v) is 9.57. The summed E-state index contributed by atoms with van der Waals surface area (Å²) in [6.07, 6.45) is 0.615. The third-order valence-corrected chi connectivity index (χ3v) is 2.65. The van der Waals surface area contributed by atoms with E-state index in [2.05, 4.69) is 11.9 Å². The Labute approximate surface area is 99.7 Å². The molecule has 2 rings (SSSR count). The van der Waals surface area contributed by atoms with Gasteiger partial charge >= 0.3 is 0 Å². The molecule has 0 radical (unpaired) electrons. The average molecular weight is 227 g/mol. The highest BCUT2D eigenvalue weighted by atomic mass is 16.5. The van der Waals surface area contributed by atoms with Crippen LogP contribution in [0.1, 0.15) is 5.56 Å². The fourth-order valence-electron chi connectivity index (χ4n) is 1.88. The van der Waals surface area contributed by atoms with E-state index in [0.717, 1.165) is 16.3 Å². The first kappa shape index (κ1) is 11.2. The Morgan fingerprint density at radius 2 is 2.06 bits per heavy atom. The zero-order valence-electron chi connectivity index (χ0n) is 9.57. The van der Waals surface area contributed by atoms with Crippen molar-refractivity contribution in [1.29, 1.82) is 0 Å². The van der Waals surface area contributed by atoms with E-state index in [-0.39, 0.29) is 0 Å². The molecule has 1 amide bonds. The van der Waals surface area contributed by atoms with Gasteiger partial charge in [-0.1, -0.05) is 36.9 Å². The highest BCUT2D eigenvalue weighted by Crippen LogP contribution is 2.31. The summed E-state index contributed by atoms with van der Waals surface area (Å²) in [5, 5.41) is 4.66. The Hall–Kier alpha value is -2.29. The van der Waals surface area contributed by atoms with E-state index in [1.807, 2.05) is 36.4 Å². The molecule has 0 atom stereocenters. The first-order valence-corrected chi connectivity index (χ1v) is 5.23. The molecule has 0 fully saturated rings. The summed E-state index contributed by atoms with van der Waals surface area (Å²) >= 11 is 0. The van der Waals surface area contributed by atoms with Crippen molar-refractivity contribution < 1.29 is 9.53 Å². The number of fused-ring (bicyclic) bond motifs is 1. The van der Waals surface area contributed by atoms with Crippen LogP contribution in [0.4, 0.5) is 0 Å². The number of amides is 1. The maximum Gasteiger partial charge on any atom is 0.211 e. The number of hydrogen-bond donors (Lipinski definition) is 1. The number of methoxy groups -OCH3 is 1. The molecular formula is C14H13NO2. The second-order valence-corrected chi connectivity index (χ2v) is 3.60. The second kappa shape index (κ2) is 4.70. The van der Waals surface area contributed by atoms with Crippen molar-refractivity contribution in [3.63, 3.8) is 0 Å². The molecular weight excluding hydrogens is 214 g/mol. The van der Waals surface area contributed by atoms with Crippen LogP contribution in [0.25, 0.3) is 16.5 Å². The molecule has 86 valence electrons. The highest BCUT2D eigenvalue weighted by Gasteiger charge is 2.10. The van der Waals surface area contributed by atoms with Crippen LogP contribution in [0, 0.1) is 0 Å². The van der Waals surface area contributed by atoms with Crippen molar-refractivity contribution in [2.75, 3.05) is 7.11 Å². The lowest BCUT2D eigenvalue weighted by atomic mass is 10.0. The lowest BCUT2D eigenvalue weighted by Gasteiger charge is -2.13. The molecule has 0 aliphatic heterocycles. The van der Waals surface area contributed by atoms with Crippen LogP contribution >= 0.6 is 0 Å². The number of rotatable bonds is 4. The van der Waals surface area contributed by atoms with Gasteiger partial charge in [0.2, 0.25) is 6.41 Å². The highest BCUT2D eigenvalue weighted by molar-refractivity contribution is 5.97. The molecule has 0 unspecified atom stereocenters. The Balaban J connectivity index is 2.71. The van der Waals surface area contributed by atoms with Gasteiger partial charge in [0.05, 0.1) is 7.11 Å². The maximum absolute atomic E-state index is 10.5. The predicted molar refractivity (Wildman–Crippen MR) is 68.7 cm³/mol. The van der Waals surface area contributed by atoms with Crippen molar-refractivity contribution in [3.8, 4) is 5.75 Å². The summed E-state index contributed by atoms with van der Waals surface area (Å²) in [6, 6.07) is 11.7. The van der Waals surface area contributed by atoms with Crippen LogP contribution in [0.2, 0.25) is 0 Å². The molecule has 0 bridgehead atoms. The van der Waals surface area contributed by atoms with Gasteiger partial charge in [-0.15, -0.1) is 0 Å². The van der Waals surface area contributed by atoms with Gasteiger partial charge in [0.15, 0.2) is 0 Å². The van der Waals surface area contributed by atoms with Crippen molar-refractivity contribution >= 4 is 22.9 Å². The van der Waals surface area contributed by atoms with Crippen molar-refractivity contribution in [2.24, 2.45) is 0 Å². The van der Waals surface area contributed by atoms with Gasteiger partial charge in [0.1, 0.15) is 5.75 Å². The minimum atomic E-state index is 0.536. The number of hydrogen-bond acceptors (Lipinski definition) is 2. The second-order valence-electron chi connectivity index (χ2n) is 3.60. The van der Waals surface area contributed by atoms with Gasteiger partial charge in [-0.25, -0.2) is 0 Å². The Morgan fingerprint density at radius 3 is 2.76 bits per heavy atom. The number of carbonyl (C=O) groups is 1. The largest absolute Gasteiger partial charge is 0.496 e. The Morgan fingerprint density at radius 1 is 1.29 bits per heavy atom. The standard InChI is InChI=1S/C14H13NO2/c1-10(15-9-16)14-12-6-4-3-5-11(12)7-8-13(14)17-2/h3-9H,1H2,2H3,(H,15,16). The van der Waals surface area contributed by atoms with Crippen molar-refractivity contribution in [3.05, 3.63) is 48.5 Å². The van der Waals surface area contributed by atoms with E-state index in [0.29, 0.717) is 17.9 Å². The van der Waals surface area contributed by atoms with E-state index in [4.69, 9.17) is 4.74 Å². The van der Waals surface area contributed by atoms with Crippen LogP contribution in [-0.4, -0.2) is 13.5 Å². The van der Waals surface area contributed by atoms with E-state index in [9.17, 15) is 4.79 Å². The fourth-order valence-corrected chi connectivity index (χ4v) is 1.88. The first-order valence-electron chi connectivity index (χ1n) is 5.23. The van der Waals surface area contributed by atoms with Crippen LogP contribution in [-0.2, 0) is 4.79 Å². The summed E-state index contributed by atoms with van der Waals surface area (Å²) in [5.41, 5.74) is 1.35. The molecule has 0 heterocycles. The molecule has 3 heteroatoms. The van der Waals surface area contributed by atoms with Gasteiger partial charge < -0.3 is 10.1 Å². The molecule has 2 aromatic carbocycles. The molecule has 0 aliphatic carbocycles. The van der Waals surface area contributed by atoms with Crippen molar-refractivity contribution in [1.82, 2.24) is 5.32 Å². The minimum absolute atomic E-state index is 0.536. The molecule has 1 N–H and O–H groups in total. The quantitative estimate of drug-likeness (QED) is 0.815. The molecule has 0 spiro atoms. The van der Waals surface area contributed by atoms with E-state index in [1.165, 1.54) is 0 Å². The average Bonchev–Trinajstić information content (AvgIpc) is 2.37. The fraction of sp³-hybridized carbons (Fsp3) is 0.0714. The monoisotopic (exact) mass is 227 g/mol. The number of carbonyl (C=O) groups excluding carboxylic acids is 1. The van der Waals surface area contributed by atoms with Crippen molar-refractivity contribution in [2.45, 2.75) is 0 Å². The molecule has 0 aliphatic rings. The van der Waals surface area contributed by atoms with Crippen LogP contribution < -0.4 is 10.1 Å². The summed E-state index contributed by atoms with van der Waals surface area (Å²) in [4.78, 5) is 10.5. The lowest BCUT2D eigenvalue weighted by Crippen LogP contribution is -2.09. The number of ether oxygens (including phenoxy) is 1. The normalized spacial score (nSPS) is 9.94. The summed E-state index contributed by atoms with van der Waals surface area (Å²) in [7, 11) is 1.60. The minimum Gasteiger partial charge on any atom is -0.496 e. The molecule has 17 heavy (non-hydrogen) atoms. The van der Waals surface area contributed by atoms with E-state index in [1.54, 1.807) is 7.11 Å². The SMILES string of the molecule is C=C(NC=O)c1c(OC)ccc2ccccc12. The Kier molecular flexibility index (Phi) is 3.10. The number of benzene rings is 2. The molecule has 3 nitrogen and oxygen atoms in total. The van der Waals surface area contributed by atoms with E-state index < -0.39 is 0 Å². The van der Waals surface area contributed by atoms with E-state index >= 15 is 0 Å². The molecule has 0 aromatic heterocycles. The Bertz CT molecular complexity index is 575.